The van der Waals surface area contributed by atoms with Crippen molar-refractivity contribution in [1.82, 2.24) is 5.43 Å². The molecule has 0 spiro atoms. The summed E-state index contributed by atoms with van der Waals surface area (Å²) in [6.07, 6.45) is 0. The van der Waals surface area contributed by atoms with Gasteiger partial charge in [0.2, 0.25) is 5.91 Å². The topological polar surface area (TPSA) is 122 Å². The standard InChI is InChI=1S/C16H16BrClN4O4S/c1-10(23)20-12-3-5-13(6-4-12)27(25,26)22(9-16(24)21-19)15-7-2-11(17)8-14(15)18/h2-8H,9,19H2,1H3,(H,20,23)(H,21,24). The lowest BCUT2D eigenvalue weighted by Gasteiger charge is -2.24. The predicted octanol–water partition coefficient (Wildman–Crippen LogP) is 2.25. The van der Waals surface area contributed by atoms with Crippen LogP contribution in [0.15, 0.2) is 51.8 Å². The molecule has 0 aromatic heterocycles. The van der Waals surface area contributed by atoms with Crippen LogP contribution in [0.3, 0.4) is 0 Å². The quantitative estimate of drug-likeness (QED) is 0.336. The van der Waals surface area contributed by atoms with Crippen molar-refractivity contribution < 1.29 is 18.0 Å². The summed E-state index contributed by atoms with van der Waals surface area (Å²) in [7, 11) is -4.14. The van der Waals surface area contributed by atoms with Crippen LogP contribution >= 0.6 is 27.5 Å². The van der Waals surface area contributed by atoms with Gasteiger partial charge < -0.3 is 5.32 Å². The molecule has 0 unspecified atom stereocenters. The Balaban J connectivity index is 2.49. The maximum absolute atomic E-state index is 13.1. The molecule has 2 amide bonds. The molecule has 0 heterocycles. The summed E-state index contributed by atoms with van der Waals surface area (Å²) in [4.78, 5) is 22.8. The van der Waals surface area contributed by atoms with Gasteiger partial charge in [0.1, 0.15) is 6.54 Å². The van der Waals surface area contributed by atoms with Crippen LogP contribution in [0, 0.1) is 0 Å². The van der Waals surface area contributed by atoms with Crippen molar-refractivity contribution in [2.45, 2.75) is 11.8 Å². The van der Waals surface area contributed by atoms with E-state index in [1.54, 1.807) is 6.07 Å². The van der Waals surface area contributed by atoms with Crippen LogP contribution in [0.1, 0.15) is 6.92 Å². The molecule has 11 heteroatoms. The third-order valence-corrected chi connectivity index (χ3v) is 5.96. The Kier molecular flexibility index (Phi) is 6.82. The maximum atomic E-state index is 13.1. The SMILES string of the molecule is CC(=O)Nc1ccc(S(=O)(=O)N(CC(=O)NN)c2ccc(Br)cc2Cl)cc1. The molecule has 2 rings (SSSR count). The molecular formula is C16H16BrClN4O4S. The number of carbonyl (C=O) groups is 2. The summed E-state index contributed by atoms with van der Waals surface area (Å²) in [6.45, 7) is 0.779. The van der Waals surface area contributed by atoms with E-state index in [1.165, 1.54) is 43.3 Å². The van der Waals surface area contributed by atoms with Gasteiger partial charge >= 0.3 is 0 Å². The number of amides is 2. The summed E-state index contributed by atoms with van der Waals surface area (Å²) in [6, 6.07) is 10.1. The zero-order chi connectivity index (χ0) is 20.2. The Morgan fingerprint density at radius 3 is 2.33 bits per heavy atom. The third kappa shape index (κ3) is 5.19. The van der Waals surface area contributed by atoms with E-state index in [4.69, 9.17) is 17.4 Å². The number of hydrogen-bond donors (Lipinski definition) is 3. The van der Waals surface area contributed by atoms with Gasteiger partial charge in [0.25, 0.3) is 15.9 Å². The van der Waals surface area contributed by atoms with Gasteiger partial charge in [-0.1, -0.05) is 27.5 Å². The first-order chi connectivity index (χ1) is 12.6. The highest BCUT2D eigenvalue weighted by Gasteiger charge is 2.28. The maximum Gasteiger partial charge on any atom is 0.264 e. The van der Waals surface area contributed by atoms with Gasteiger partial charge in [-0.3, -0.25) is 19.3 Å². The molecular weight excluding hydrogens is 460 g/mol. The minimum Gasteiger partial charge on any atom is -0.326 e. The lowest BCUT2D eigenvalue weighted by atomic mass is 10.3. The van der Waals surface area contributed by atoms with Crippen molar-refractivity contribution in [2.75, 3.05) is 16.2 Å². The highest BCUT2D eigenvalue weighted by atomic mass is 79.9. The number of nitrogens with zero attached hydrogens (tertiary/aromatic N) is 1. The fourth-order valence-electron chi connectivity index (χ4n) is 2.20. The van der Waals surface area contributed by atoms with Crippen LogP contribution in [0.25, 0.3) is 0 Å². The summed E-state index contributed by atoms with van der Waals surface area (Å²) >= 11 is 9.43. The lowest BCUT2D eigenvalue weighted by Crippen LogP contribution is -2.43. The number of hydrazine groups is 1. The first-order valence-corrected chi connectivity index (χ1v) is 10.1. The molecule has 0 aliphatic carbocycles. The van der Waals surface area contributed by atoms with E-state index in [0.29, 0.717) is 10.2 Å². The van der Waals surface area contributed by atoms with Gasteiger partial charge in [-0.2, -0.15) is 0 Å². The fraction of sp³-hybridized carbons (Fsp3) is 0.125. The number of carbonyl (C=O) groups excluding carboxylic acids is 2. The van der Waals surface area contributed by atoms with E-state index < -0.39 is 22.5 Å². The normalized spacial score (nSPS) is 11.0. The largest absolute Gasteiger partial charge is 0.326 e. The number of anilines is 2. The number of benzene rings is 2. The summed E-state index contributed by atoms with van der Waals surface area (Å²) in [5.74, 6) is 4.11. The number of rotatable bonds is 6. The number of hydrogen-bond acceptors (Lipinski definition) is 5. The molecule has 0 saturated carbocycles. The molecule has 2 aromatic carbocycles. The Labute approximate surface area is 169 Å². The average molecular weight is 476 g/mol. The van der Waals surface area contributed by atoms with Crippen LogP contribution < -0.4 is 20.9 Å². The second-order valence-electron chi connectivity index (χ2n) is 5.38. The van der Waals surface area contributed by atoms with Crippen LogP contribution in [0.4, 0.5) is 11.4 Å². The fourth-order valence-corrected chi connectivity index (χ4v) is 4.47. The zero-order valence-corrected chi connectivity index (χ0v) is 17.2. The molecule has 0 saturated heterocycles. The van der Waals surface area contributed by atoms with E-state index in [0.717, 1.165) is 4.31 Å². The molecule has 4 N–H and O–H groups in total. The van der Waals surface area contributed by atoms with Crippen molar-refractivity contribution in [3.8, 4) is 0 Å². The van der Waals surface area contributed by atoms with Gasteiger partial charge in [0, 0.05) is 17.1 Å². The van der Waals surface area contributed by atoms with Gasteiger partial charge in [-0.25, -0.2) is 14.3 Å². The van der Waals surface area contributed by atoms with Gasteiger partial charge in [-0.15, -0.1) is 0 Å². The Bertz CT molecular complexity index is 967. The molecule has 144 valence electrons. The number of sulfonamides is 1. The van der Waals surface area contributed by atoms with Gasteiger partial charge in [0.15, 0.2) is 0 Å². The molecule has 0 aliphatic rings. The van der Waals surface area contributed by atoms with Crippen molar-refractivity contribution in [3.63, 3.8) is 0 Å². The predicted molar refractivity (Wildman–Crippen MR) is 107 cm³/mol. The van der Waals surface area contributed by atoms with Gasteiger partial charge in [-0.05, 0) is 42.5 Å². The van der Waals surface area contributed by atoms with Crippen LogP contribution in [-0.4, -0.2) is 26.8 Å². The number of nitrogens with one attached hydrogen (secondary N) is 2. The average Bonchev–Trinajstić information content (AvgIpc) is 2.60. The second-order valence-corrected chi connectivity index (χ2v) is 8.57. The summed E-state index contributed by atoms with van der Waals surface area (Å²) in [5.41, 5.74) is 2.46. The minimum absolute atomic E-state index is 0.0830. The highest BCUT2D eigenvalue weighted by molar-refractivity contribution is 9.10. The Hall–Kier alpha value is -2.14. The van der Waals surface area contributed by atoms with Crippen molar-refractivity contribution in [1.29, 1.82) is 0 Å². The minimum atomic E-state index is -4.14. The monoisotopic (exact) mass is 474 g/mol. The van der Waals surface area contributed by atoms with Crippen molar-refractivity contribution in [3.05, 3.63) is 52.0 Å². The van der Waals surface area contributed by atoms with E-state index in [9.17, 15) is 18.0 Å². The van der Waals surface area contributed by atoms with E-state index in [1.807, 2.05) is 5.43 Å². The molecule has 8 nitrogen and oxygen atoms in total. The molecule has 0 fully saturated rings. The Morgan fingerprint density at radius 1 is 1.19 bits per heavy atom. The third-order valence-electron chi connectivity index (χ3n) is 3.39. The first-order valence-electron chi connectivity index (χ1n) is 7.50. The molecule has 0 aliphatic heterocycles. The first kappa shape index (κ1) is 21.2. The number of nitrogens with two attached hydrogens (primary N) is 1. The van der Waals surface area contributed by atoms with E-state index in [2.05, 4.69) is 21.2 Å². The molecule has 0 radical (unpaired) electrons. The smallest absolute Gasteiger partial charge is 0.264 e. The zero-order valence-electron chi connectivity index (χ0n) is 14.1. The highest BCUT2D eigenvalue weighted by Crippen LogP contribution is 2.32. The van der Waals surface area contributed by atoms with Crippen molar-refractivity contribution in [2.24, 2.45) is 5.84 Å². The molecule has 2 aromatic rings. The molecule has 0 atom stereocenters. The van der Waals surface area contributed by atoms with Crippen LogP contribution in [0.2, 0.25) is 5.02 Å². The van der Waals surface area contributed by atoms with E-state index >= 15 is 0 Å². The second kappa shape index (κ2) is 8.70. The molecule has 0 bridgehead atoms. The van der Waals surface area contributed by atoms with E-state index in [-0.39, 0.29) is 21.5 Å². The molecule has 27 heavy (non-hydrogen) atoms. The summed E-state index contributed by atoms with van der Waals surface area (Å²) < 4.78 is 27.7. The van der Waals surface area contributed by atoms with Crippen molar-refractivity contribution >= 4 is 60.7 Å². The lowest BCUT2D eigenvalue weighted by molar-refractivity contribution is -0.119. The summed E-state index contributed by atoms with van der Waals surface area (Å²) in [5, 5.41) is 2.68. The van der Waals surface area contributed by atoms with Crippen LogP contribution in [0.5, 0.6) is 0 Å². The Morgan fingerprint density at radius 2 is 1.81 bits per heavy atom. The number of halogens is 2. The van der Waals surface area contributed by atoms with Crippen LogP contribution in [-0.2, 0) is 19.6 Å². The van der Waals surface area contributed by atoms with Gasteiger partial charge in [0.05, 0.1) is 15.6 Å².